The van der Waals surface area contributed by atoms with Crippen LogP contribution in [0.15, 0.2) is 54.6 Å². The van der Waals surface area contributed by atoms with E-state index >= 15 is 0 Å². The molecule has 1 amide bonds. The smallest absolute Gasteiger partial charge is 0.211 e. The van der Waals surface area contributed by atoms with Gasteiger partial charge in [0.05, 0.1) is 0 Å². The summed E-state index contributed by atoms with van der Waals surface area (Å²) in [7, 11) is 0. The average Bonchev–Trinajstić information content (AvgIpc) is 3.21. The highest BCUT2D eigenvalue weighted by atomic mass is 16.1. The Bertz CT molecular complexity index is 533. The summed E-state index contributed by atoms with van der Waals surface area (Å²) >= 11 is 0. The van der Waals surface area contributed by atoms with E-state index in [1.165, 1.54) is 17.5 Å². The van der Waals surface area contributed by atoms with E-state index in [-0.39, 0.29) is 0 Å². The van der Waals surface area contributed by atoms with Crippen LogP contribution in [0.1, 0.15) is 30.4 Å². The molecule has 1 aliphatic carbocycles. The fraction of sp³-hybridized carbons (Fsp3) is 0.278. The van der Waals surface area contributed by atoms with Gasteiger partial charge in [0.2, 0.25) is 6.41 Å². The van der Waals surface area contributed by atoms with E-state index in [9.17, 15) is 4.79 Å². The second kappa shape index (κ2) is 6.90. The molecule has 2 nitrogen and oxygen atoms in total. The summed E-state index contributed by atoms with van der Waals surface area (Å²) in [6, 6.07) is 18.4. The minimum Gasteiger partial charge on any atom is -0.329 e. The Balaban J connectivity index is 0.000000147. The Morgan fingerprint density at radius 1 is 1.05 bits per heavy atom. The summed E-state index contributed by atoms with van der Waals surface area (Å²) in [4.78, 5) is 9.95. The second-order valence-electron chi connectivity index (χ2n) is 5.36. The molecule has 1 saturated carbocycles. The zero-order valence-corrected chi connectivity index (χ0v) is 12.0. The van der Waals surface area contributed by atoms with Crippen LogP contribution in [0.25, 0.3) is 0 Å². The lowest BCUT2D eigenvalue weighted by Gasteiger charge is -1.96. The molecule has 2 heteroatoms. The molecule has 2 aromatic rings. The predicted molar refractivity (Wildman–Crippen MR) is 83.8 cm³/mol. The van der Waals surface area contributed by atoms with Crippen molar-refractivity contribution in [2.75, 3.05) is 5.32 Å². The first-order valence-electron chi connectivity index (χ1n) is 7.02. The first-order valence-corrected chi connectivity index (χ1v) is 7.02. The van der Waals surface area contributed by atoms with Crippen LogP contribution in [0.3, 0.4) is 0 Å². The van der Waals surface area contributed by atoms with Crippen LogP contribution in [0.4, 0.5) is 5.69 Å². The van der Waals surface area contributed by atoms with E-state index in [0.717, 1.165) is 17.5 Å². The molecule has 0 saturated heterocycles. The van der Waals surface area contributed by atoms with E-state index in [1.54, 1.807) is 0 Å². The Kier molecular flexibility index (Phi) is 4.94. The molecule has 2 unspecified atom stereocenters. The lowest BCUT2D eigenvalue weighted by Crippen LogP contribution is -1.92. The van der Waals surface area contributed by atoms with Gasteiger partial charge in [-0.25, -0.2) is 0 Å². The minimum absolute atomic E-state index is 0.671. The molecule has 2 aromatic carbocycles. The van der Waals surface area contributed by atoms with Crippen molar-refractivity contribution in [3.63, 3.8) is 0 Å². The standard InChI is InChI=1S/C10H12.C8H9NO/c1-8-7-10(8)9-5-3-2-4-6-9;1-7-2-4-8(5-3-7)9-6-10/h2-6,8,10H,7H2,1H3;2-6H,1H3,(H,9,10). The maximum atomic E-state index is 9.95. The molecule has 1 fully saturated rings. The van der Waals surface area contributed by atoms with Crippen molar-refractivity contribution in [2.45, 2.75) is 26.2 Å². The van der Waals surface area contributed by atoms with Crippen molar-refractivity contribution >= 4 is 12.1 Å². The Labute approximate surface area is 120 Å². The van der Waals surface area contributed by atoms with Gasteiger partial charge in [-0.05, 0) is 42.9 Å². The van der Waals surface area contributed by atoms with Gasteiger partial charge in [0.15, 0.2) is 0 Å². The Morgan fingerprint density at radius 2 is 1.65 bits per heavy atom. The number of hydrogen-bond donors (Lipinski definition) is 1. The molecular weight excluding hydrogens is 246 g/mol. The number of carbonyl (C=O) groups is 1. The van der Waals surface area contributed by atoms with Gasteiger partial charge in [-0.1, -0.05) is 55.0 Å². The lowest BCUT2D eigenvalue weighted by atomic mass is 10.1. The van der Waals surface area contributed by atoms with Gasteiger partial charge in [0.1, 0.15) is 0 Å². The summed E-state index contributed by atoms with van der Waals surface area (Å²) in [5.74, 6) is 1.81. The van der Waals surface area contributed by atoms with Crippen molar-refractivity contribution in [1.29, 1.82) is 0 Å². The molecule has 0 heterocycles. The van der Waals surface area contributed by atoms with Crippen molar-refractivity contribution in [2.24, 2.45) is 5.92 Å². The van der Waals surface area contributed by atoms with Gasteiger partial charge < -0.3 is 5.32 Å². The highest BCUT2D eigenvalue weighted by Gasteiger charge is 2.33. The molecule has 104 valence electrons. The second-order valence-corrected chi connectivity index (χ2v) is 5.36. The summed E-state index contributed by atoms with van der Waals surface area (Å²) in [5, 5.41) is 2.55. The molecule has 2 atom stereocenters. The lowest BCUT2D eigenvalue weighted by molar-refractivity contribution is -0.105. The van der Waals surface area contributed by atoms with Crippen LogP contribution >= 0.6 is 0 Å². The van der Waals surface area contributed by atoms with Crippen LogP contribution < -0.4 is 5.32 Å². The van der Waals surface area contributed by atoms with Gasteiger partial charge in [-0.15, -0.1) is 0 Å². The van der Waals surface area contributed by atoms with Crippen LogP contribution in [0.5, 0.6) is 0 Å². The van der Waals surface area contributed by atoms with E-state index in [1.807, 2.05) is 31.2 Å². The van der Waals surface area contributed by atoms with E-state index in [2.05, 4.69) is 42.6 Å². The van der Waals surface area contributed by atoms with Crippen molar-refractivity contribution in [3.8, 4) is 0 Å². The molecule has 0 spiro atoms. The number of anilines is 1. The zero-order chi connectivity index (χ0) is 14.4. The van der Waals surface area contributed by atoms with Crippen molar-refractivity contribution in [3.05, 3.63) is 65.7 Å². The molecule has 3 rings (SSSR count). The number of amides is 1. The van der Waals surface area contributed by atoms with Gasteiger partial charge in [0, 0.05) is 5.69 Å². The molecule has 20 heavy (non-hydrogen) atoms. The molecule has 0 aromatic heterocycles. The van der Waals surface area contributed by atoms with Crippen LogP contribution in [-0.4, -0.2) is 6.41 Å². The highest BCUT2D eigenvalue weighted by Crippen LogP contribution is 2.46. The Hall–Kier alpha value is -2.09. The maximum absolute atomic E-state index is 9.95. The average molecular weight is 267 g/mol. The fourth-order valence-corrected chi connectivity index (χ4v) is 2.20. The molecule has 0 radical (unpaired) electrons. The summed E-state index contributed by atoms with van der Waals surface area (Å²) in [6.45, 7) is 4.32. The number of hydrogen-bond acceptors (Lipinski definition) is 1. The molecule has 1 N–H and O–H groups in total. The fourth-order valence-electron chi connectivity index (χ4n) is 2.20. The van der Waals surface area contributed by atoms with Crippen molar-refractivity contribution in [1.82, 2.24) is 0 Å². The monoisotopic (exact) mass is 267 g/mol. The van der Waals surface area contributed by atoms with E-state index in [0.29, 0.717) is 6.41 Å². The third kappa shape index (κ3) is 4.23. The SMILES string of the molecule is CC1CC1c1ccccc1.Cc1ccc(NC=O)cc1. The predicted octanol–water partition coefficient (Wildman–Crippen LogP) is 4.37. The minimum atomic E-state index is 0.671. The third-order valence-electron chi connectivity index (χ3n) is 3.61. The van der Waals surface area contributed by atoms with Crippen LogP contribution in [-0.2, 0) is 4.79 Å². The third-order valence-corrected chi connectivity index (χ3v) is 3.61. The van der Waals surface area contributed by atoms with Gasteiger partial charge in [0.25, 0.3) is 0 Å². The summed E-state index contributed by atoms with van der Waals surface area (Å²) < 4.78 is 0. The van der Waals surface area contributed by atoms with Crippen LogP contribution in [0.2, 0.25) is 0 Å². The van der Waals surface area contributed by atoms with E-state index < -0.39 is 0 Å². The summed E-state index contributed by atoms with van der Waals surface area (Å²) in [5.41, 5.74) is 3.55. The normalized spacial score (nSPS) is 19.5. The maximum Gasteiger partial charge on any atom is 0.211 e. The molecule has 1 aliphatic rings. The Morgan fingerprint density at radius 3 is 2.15 bits per heavy atom. The highest BCUT2D eigenvalue weighted by molar-refractivity contribution is 5.70. The number of nitrogens with one attached hydrogen (secondary N) is 1. The first kappa shape index (κ1) is 14.3. The first-order chi connectivity index (χ1) is 9.70. The number of benzene rings is 2. The number of carbonyl (C=O) groups excluding carboxylic acids is 1. The quantitative estimate of drug-likeness (QED) is 0.822. The van der Waals surface area contributed by atoms with Gasteiger partial charge >= 0.3 is 0 Å². The van der Waals surface area contributed by atoms with Crippen LogP contribution in [0, 0.1) is 12.8 Å². The van der Waals surface area contributed by atoms with Gasteiger partial charge in [-0.3, -0.25) is 4.79 Å². The number of aryl methyl sites for hydroxylation is 1. The molecule has 0 aliphatic heterocycles. The number of rotatable bonds is 3. The molecular formula is C18H21NO. The topological polar surface area (TPSA) is 29.1 Å². The van der Waals surface area contributed by atoms with Crippen molar-refractivity contribution < 1.29 is 4.79 Å². The largest absolute Gasteiger partial charge is 0.329 e. The van der Waals surface area contributed by atoms with Gasteiger partial charge in [-0.2, -0.15) is 0 Å². The van der Waals surface area contributed by atoms with E-state index in [4.69, 9.17) is 0 Å². The summed E-state index contributed by atoms with van der Waals surface area (Å²) in [6.07, 6.45) is 2.06. The molecule has 0 bridgehead atoms. The zero-order valence-electron chi connectivity index (χ0n) is 12.0.